The van der Waals surface area contributed by atoms with Crippen molar-refractivity contribution in [2.45, 2.75) is 0 Å². The summed E-state index contributed by atoms with van der Waals surface area (Å²) in [6.07, 6.45) is 1.35. The van der Waals surface area contributed by atoms with Crippen molar-refractivity contribution in [1.82, 2.24) is 10.4 Å². The summed E-state index contributed by atoms with van der Waals surface area (Å²) >= 11 is 10.0. The van der Waals surface area contributed by atoms with Crippen LogP contribution in [0.1, 0.15) is 26.4 Å². The van der Waals surface area contributed by atoms with Crippen molar-refractivity contribution in [2.24, 2.45) is 5.10 Å². The summed E-state index contributed by atoms with van der Waals surface area (Å²) in [5.74, 6) is -1.02. The number of hydrogen-bond donors (Lipinski definition) is 2. The lowest BCUT2D eigenvalue weighted by Crippen LogP contribution is -2.19. The molecule has 0 radical (unpaired) electrons. The Kier molecular flexibility index (Phi) is 7.72. The Morgan fingerprint density at radius 3 is 2.45 bits per heavy atom. The second-order valence-electron chi connectivity index (χ2n) is 8.45. The molecule has 5 rings (SSSR count). The van der Waals surface area contributed by atoms with E-state index < -0.39 is 16.8 Å². The number of benzene rings is 4. The highest BCUT2D eigenvalue weighted by Gasteiger charge is 2.22. The van der Waals surface area contributed by atoms with E-state index in [0.717, 1.165) is 15.4 Å². The Labute approximate surface area is 240 Å². The van der Waals surface area contributed by atoms with Gasteiger partial charge in [-0.25, -0.2) is 10.2 Å². The summed E-state index contributed by atoms with van der Waals surface area (Å²) in [6, 6.07) is 24.6. The molecule has 1 amide bonds. The lowest BCUT2D eigenvalue weighted by Gasteiger charge is -2.08. The van der Waals surface area contributed by atoms with Gasteiger partial charge in [0.05, 0.1) is 22.2 Å². The van der Waals surface area contributed by atoms with Crippen molar-refractivity contribution in [3.8, 4) is 16.9 Å². The third kappa shape index (κ3) is 5.49. The van der Waals surface area contributed by atoms with Crippen LogP contribution in [0.5, 0.6) is 5.75 Å². The lowest BCUT2D eigenvalue weighted by atomic mass is 10.0. The molecular weight excluding hydrogens is 600 g/mol. The van der Waals surface area contributed by atoms with Crippen LogP contribution in [-0.2, 0) is 0 Å². The first-order valence-electron chi connectivity index (χ1n) is 11.8. The lowest BCUT2D eigenvalue weighted by molar-refractivity contribution is -0.384. The largest absolute Gasteiger partial charge is 0.422 e. The summed E-state index contributed by atoms with van der Waals surface area (Å²) < 4.78 is 6.26. The molecule has 0 saturated carbocycles. The zero-order valence-corrected chi connectivity index (χ0v) is 22.8. The standard InChI is InChI=1S/C29H18BrClN4O5/c30-22-9-5-8-21-25(20-7-2-3-10-23(20)31)27(33-26(21)22)28(36)34-32-16-18-6-1-4-11-24(18)40-29(37)17-12-14-19(15-13-17)35(38)39/h1-16,33H,(H,34,36). The van der Waals surface area contributed by atoms with E-state index in [0.29, 0.717) is 21.7 Å². The number of amides is 1. The number of aromatic amines is 1. The number of aromatic nitrogens is 1. The first-order valence-corrected chi connectivity index (χ1v) is 12.9. The minimum atomic E-state index is -0.701. The molecule has 0 aliphatic heterocycles. The Morgan fingerprint density at radius 2 is 1.70 bits per heavy atom. The molecule has 0 atom stereocenters. The monoisotopic (exact) mass is 616 g/mol. The number of H-pyrrole nitrogens is 1. The average molecular weight is 618 g/mol. The molecule has 11 heteroatoms. The van der Waals surface area contributed by atoms with Crippen LogP contribution >= 0.6 is 27.5 Å². The zero-order chi connectivity index (χ0) is 28.2. The van der Waals surface area contributed by atoms with Gasteiger partial charge in [0.1, 0.15) is 11.4 Å². The van der Waals surface area contributed by atoms with E-state index in [4.69, 9.17) is 16.3 Å². The van der Waals surface area contributed by atoms with Crippen LogP contribution in [0.4, 0.5) is 5.69 Å². The number of hydrazone groups is 1. The van der Waals surface area contributed by atoms with E-state index in [1.807, 2.05) is 36.4 Å². The Bertz CT molecular complexity index is 1800. The van der Waals surface area contributed by atoms with Gasteiger partial charge in [-0.3, -0.25) is 14.9 Å². The van der Waals surface area contributed by atoms with E-state index in [2.05, 4.69) is 31.4 Å². The molecule has 1 aromatic heterocycles. The summed E-state index contributed by atoms with van der Waals surface area (Å²) in [6.45, 7) is 0. The maximum absolute atomic E-state index is 13.3. The number of carbonyl (C=O) groups is 2. The molecule has 2 N–H and O–H groups in total. The van der Waals surface area contributed by atoms with Crippen LogP contribution in [0, 0.1) is 10.1 Å². The van der Waals surface area contributed by atoms with Crippen LogP contribution in [0.3, 0.4) is 0 Å². The van der Waals surface area contributed by atoms with Crippen molar-refractivity contribution < 1.29 is 19.2 Å². The number of non-ortho nitro benzene ring substituents is 1. The molecule has 198 valence electrons. The number of hydrogen-bond acceptors (Lipinski definition) is 6. The van der Waals surface area contributed by atoms with Gasteiger partial charge >= 0.3 is 5.97 Å². The highest BCUT2D eigenvalue weighted by molar-refractivity contribution is 9.10. The fourth-order valence-corrected chi connectivity index (χ4v) is 4.77. The number of fused-ring (bicyclic) bond motifs is 1. The second-order valence-corrected chi connectivity index (χ2v) is 9.71. The molecule has 0 fully saturated rings. The van der Waals surface area contributed by atoms with Crippen molar-refractivity contribution >= 4 is 62.2 Å². The molecule has 40 heavy (non-hydrogen) atoms. The molecule has 0 aliphatic carbocycles. The van der Waals surface area contributed by atoms with E-state index in [9.17, 15) is 19.7 Å². The number of ether oxygens (including phenoxy) is 1. The van der Waals surface area contributed by atoms with E-state index in [-0.39, 0.29) is 22.7 Å². The number of para-hydroxylation sites is 2. The third-order valence-electron chi connectivity index (χ3n) is 5.96. The number of carbonyl (C=O) groups excluding carboxylic acids is 2. The predicted molar refractivity (Wildman–Crippen MR) is 156 cm³/mol. The summed E-state index contributed by atoms with van der Waals surface area (Å²) in [4.78, 5) is 39.4. The van der Waals surface area contributed by atoms with Crippen LogP contribution in [0.25, 0.3) is 22.0 Å². The minimum absolute atomic E-state index is 0.139. The number of nitrogens with zero attached hydrogens (tertiary/aromatic N) is 2. The topological polar surface area (TPSA) is 127 Å². The predicted octanol–water partition coefficient (Wildman–Crippen LogP) is 7.14. The summed E-state index contributed by atoms with van der Waals surface area (Å²) in [7, 11) is 0. The van der Waals surface area contributed by atoms with Crippen molar-refractivity contribution in [1.29, 1.82) is 0 Å². The Morgan fingerprint density at radius 1 is 0.975 bits per heavy atom. The Balaban J connectivity index is 1.39. The quantitative estimate of drug-likeness (QED) is 0.0660. The van der Waals surface area contributed by atoms with Crippen LogP contribution in [0.15, 0.2) is 101 Å². The number of nitrogens with one attached hydrogen (secondary N) is 2. The molecule has 0 saturated heterocycles. The van der Waals surface area contributed by atoms with E-state index in [1.54, 1.807) is 30.3 Å². The normalized spacial score (nSPS) is 11.1. The van der Waals surface area contributed by atoms with Crippen molar-refractivity contribution in [3.05, 3.63) is 127 Å². The van der Waals surface area contributed by atoms with Gasteiger partial charge in [-0.15, -0.1) is 0 Å². The van der Waals surface area contributed by atoms with E-state index >= 15 is 0 Å². The summed E-state index contributed by atoms with van der Waals surface area (Å²) in [5.41, 5.74) is 5.26. The van der Waals surface area contributed by atoms with Crippen molar-refractivity contribution in [2.75, 3.05) is 0 Å². The maximum Gasteiger partial charge on any atom is 0.343 e. The number of esters is 1. The van der Waals surface area contributed by atoms with Gasteiger partial charge in [0.15, 0.2) is 0 Å². The molecule has 0 bridgehead atoms. The van der Waals surface area contributed by atoms with Gasteiger partial charge < -0.3 is 9.72 Å². The SMILES string of the molecule is O=C(Oc1ccccc1C=NNC(=O)c1[nH]c2c(Br)cccc2c1-c1ccccc1Cl)c1ccc([N+](=O)[O-])cc1. The molecular formula is C29H18BrClN4O5. The Hall–Kier alpha value is -4.80. The van der Waals surface area contributed by atoms with Gasteiger partial charge in [0, 0.05) is 43.7 Å². The van der Waals surface area contributed by atoms with Gasteiger partial charge in [0.25, 0.3) is 11.6 Å². The highest BCUT2D eigenvalue weighted by atomic mass is 79.9. The van der Waals surface area contributed by atoms with E-state index in [1.165, 1.54) is 30.5 Å². The second kappa shape index (κ2) is 11.5. The van der Waals surface area contributed by atoms with Crippen LogP contribution < -0.4 is 10.2 Å². The zero-order valence-electron chi connectivity index (χ0n) is 20.4. The smallest absolute Gasteiger partial charge is 0.343 e. The number of rotatable bonds is 7. The van der Waals surface area contributed by atoms with Gasteiger partial charge in [-0.2, -0.15) is 5.10 Å². The fourth-order valence-electron chi connectivity index (χ4n) is 4.07. The minimum Gasteiger partial charge on any atom is -0.422 e. The summed E-state index contributed by atoms with van der Waals surface area (Å²) in [5, 5.41) is 16.2. The first kappa shape index (κ1) is 26.8. The number of nitro benzene ring substituents is 1. The van der Waals surface area contributed by atoms with Gasteiger partial charge in [-0.1, -0.05) is 54.1 Å². The number of halogens is 2. The van der Waals surface area contributed by atoms with Crippen LogP contribution in [0.2, 0.25) is 5.02 Å². The number of nitro groups is 1. The molecule has 0 unspecified atom stereocenters. The average Bonchev–Trinajstić information content (AvgIpc) is 3.35. The first-order chi connectivity index (χ1) is 19.3. The molecule has 5 aromatic rings. The molecule has 0 spiro atoms. The fraction of sp³-hybridized carbons (Fsp3) is 0. The third-order valence-corrected chi connectivity index (χ3v) is 6.95. The van der Waals surface area contributed by atoms with Gasteiger partial charge in [0.2, 0.25) is 0 Å². The molecule has 4 aromatic carbocycles. The van der Waals surface area contributed by atoms with Crippen LogP contribution in [-0.4, -0.2) is 28.0 Å². The highest BCUT2D eigenvalue weighted by Crippen LogP contribution is 2.38. The maximum atomic E-state index is 13.3. The molecule has 0 aliphatic rings. The van der Waals surface area contributed by atoms with Crippen molar-refractivity contribution in [3.63, 3.8) is 0 Å². The van der Waals surface area contributed by atoms with Gasteiger partial charge in [-0.05, 0) is 52.3 Å². The molecule has 9 nitrogen and oxygen atoms in total. The molecule has 1 heterocycles.